The van der Waals surface area contributed by atoms with Crippen LogP contribution >= 0.6 is 0 Å². The van der Waals surface area contributed by atoms with Crippen LogP contribution in [0.15, 0.2) is 0 Å². The second-order valence-corrected chi connectivity index (χ2v) is 5.87. The minimum atomic E-state index is -0.237. The smallest absolute Gasteiger partial charge is 0.0608 e. The third kappa shape index (κ3) is 4.42. The Bertz CT molecular complexity index is 189. The van der Waals surface area contributed by atoms with E-state index >= 15 is 0 Å². The van der Waals surface area contributed by atoms with Gasteiger partial charge in [0.25, 0.3) is 0 Å². The molecule has 0 aliphatic heterocycles. The van der Waals surface area contributed by atoms with Crippen molar-refractivity contribution in [1.82, 2.24) is 0 Å². The fraction of sp³-hybridized carbons (Fsp3) is 1.00. The van der Waals surface area contributed by atoms with Gasteiger partial charge >= 0.3 is 0 Å². The zero-order valence-electron chi connectivity index (χ0n) is 11.3. The molecule has 0 saturated heterocycles. The van der Waals surface area contributed by atoms with Crippen LogP contribution in [0.1, 0.15) is 53.4 Å². The summed E-state index contributed by atoms with van der Waals surface area (Å²) < 4.78 is 5.98. The van der Waals surface area contributed by atoms with E-state index in [1.54, 1.807) is 0 Å². The van der Waals surface area contributed by atoms with E-state index in [0.29, 0.717) is 24.5 Å². The van der Waals surface area contributed by atoms with Gasteiger partial charge in [-0.05, 0) is 43.9 Å². The van der Waals surface area contributed by atoms with Crippen LogP contribution in [0.5, 0.6) is 0 Å². The van der Waals surface area contributed by atoms with E-state index in [9.17, 15) is 5.11 Å². The monoisotopic (exact) mass is 228 g/mol. The molecule has 1 fully saturated rings. The quantitative estimate of drug-likeness (QED) is 0.783. The van der Waals surface area contributed by atoms with E-state index in [2.05, 4.69) is 20.8 Å². The number of aliphatic hydroxyl groups excluding tert-OH is 1. The van der Waals surface area contributed by atoms with E-state index in [0.717, 1.165) is 12.3 Å². The molecule has 0 spiro atoms. The van der Waals surface area contributed by atoms with Crippen LogP contribution in [0, 0.1) is 17.8 Å². The van der Waals surface area contributed by atoms with Crippen molar-refractivity contribution >= 4 is 0 Å². The van der Waals surface area contributed by atoms with Crippen LogP contribution in [0.2, 0.25) is 0 Å². The predicted molar refractivity (Wildman–Crippen MR) is 67.4 cm³/mol. The molecule has 0 radical (unpaired) electrons. The molecular formula is C14H28O2. The molecule has 0 aromatic carbocycles. The van der Waals surface area contributed by atoms with Crippen molar-refractivity contribution < 1.29 is 9.84 Å². The lowest BCUT2D eigenvalue weighted by atomic mass is 9.75. The first kappa shape index (κ1) is 14.0. The minimum Gasteiger partial charge on any atom is -0.393 e. The summed E-state index contributed by atoms with van der Waals surface area (Å²) in [5, 5.41) is 9.23. The molecule has 4 atom stereocenters. The highest BCUT2D eigenvalue weighted by Gasteiger charge is 2.31. The molecule has 16 heavy (non-hydrogen) atoms. The van der Waals surface area contributed by atoms with Crippen molar-refractivity contribution in [2.24, 2.45) is 17.8 Å². The lowest BCUT2D eigenvalue weighted by Gasteiger charge is -2.37. The van der Waals surface area contributed by atoms with Gasteiger partial charge in [0.2, 0.25) is 0 Å². The summed E-state index contributed by atoms with van der Waals surface area (Å²) in [7, 11) is 0. The van der Waals surface area contributed by atoms with Gasteiger partial charge in [0.1, 0.15) is 0 Å². The lowest BCUT2D eigenvalue weighted by molar-refractivity contribution is -0.0462. The summed E-state index contributed by atoms with van der Waals surface area (Å²) in [4.78, 5) is 0. The molecule has 0 amide bonds. The van der Waals surface area contributed by atoms with Crippen LogP contribution < -0.4 is 0 Å². The molecule has 0 aromatic heterocycles. The van der Waals surface area contributed by atoms with Crippen molar-refractivity contribution in [3.63, 3.8) is 0 Å². The van der Waals surface area contributed by atoms with E-state index in [1.165, 1.54) is 19.3 Å². The van der Waals surface area contributed by atoms with Crippen LogP contribution in [-0.2, 0) is 4.74 Å². The average Bonchev–Trinajstić information content (AvgIpc) is 2.16. The normalized spacial score (nSPS) is 33.0. The first-order valence-corrected chi connectivity index (χ1v) is 6.80. The maximum Gasteiger partial charge on any atom is 0.0608 e. The molecule has 2 heteroatoms. The fourth-order valence-corrected chi connectivity index (χ4v) is 2.70. The van der Waals surface area contributed by atoms with Crippen LogP contribution in [-0.4, -0.2) is 23.9 Å². The van der Waals surface area contributed by atoms with Crippen molar-refractivity contribution in [2.45, 2.75) is 65.6 Å². The van der Waals surface area contributed by atoms with E-state index < -0.39 is 0 Å². The maximum atomic E-state index is 9.23. The van der Waals surface area contributed by atoms with Gasteiger partial charge in [-0.25, -0.2) is 0 Å². The highest BCUT2D eigenvalue weighted by molar-refractivity contribution is 4.81. The molecule has 1 N–H and O–H groups in total. The minimum absolute atomic E-state index is 0.237. The highest BCUT2D eigenvalue weighted by Crippen LogP contribution is 2.35. The van der Waals surface area contributed by atoms with Crippen molar-refractivity contribution in [3.8, 4) is 0 Å². The molecule has 2 nitrogen and oxygen atoms in total. The number of aliphatic hydroxyl groups is 1. The van der Waals surface area contributed by atoms with E-state index in [1.807, 2.05) is 6.92 Å². The van der Waals surface area contributed by atoms with Crippen molar-refractivity contribution in [1.29, 1.82) is 0 Å². The lowest BCUT2D eigenvalue weighted by Crippen LogP contribution is -2.34. The van der Waals surface area contributed by atoms with Crippen molar-refractivity contribution in [2.75, 3.05) is 6.61 Å². The molecule has 4 unspecified atom stereocenters. The van der Waals surface area contributed by atoms with Crippen LogP contribution in [0.25, 0.3) is 0 Å². The van der Waals surface area contributed by atoms with Crippen molar-refractivity contribution in [3.05, 3.63) is 0 Å². The standard InChI is InChI=1S/C14H28O2/c1-10(2)13-6-5-11(3)9-14(13)16-8-7-12(4)15/h10-15H,5-9H2,1-4H3. The Morgan fingerprint density at radius 1 is 1.25 bits per heavy atom. The molecule has 0 heterocycles. The molecular weight excluding hydrogens is 200 g/mol. The topological polar surface area (TPSA) is 29.5 Å². The van der Waals surface area contributed by atoms with Gasteiger partial charge in [-0.1, -0.05) is 27.2 Å². The van der Waals surface area contributed by atoms with Crippen LogP contribution in [0.4, 0.5) is 0 Å². The summed E-state index contributed by atoms with van der Waals surface area (Å²) >= 11 is 0. The Labute approximate surface area is 100 Å². The third-order valence-electron chi connectivity index (χ3n) is 3.83. The van der Waals surface area contributed by atoms with E-state index in [4.69, 9.17) is 4.74 Å². The van der Waals surface area contributed by atoms with Gasteiger partial charge in [0, 0.05) is 6.61 Å². The number of rotatable bonds is 5. The summed E-state index contributed by atoms with van der Waals surface area (Å²) in [6.07, 6.45) is 4.79. The second-order valence-electron chi connectivity index (χ2n) is 5.87. The molecule has 0 aromatic rings. The highest BCUT2D eigenvalue weighted by atomic mass is 16.5. The first-order chi connectivity index (χ1) is 7.50. The molecule has 1 aliphatic carbocycles. The molecule has 0 bridgehead atoms. The number of hydrogen-bond donors (Lipinski definition) is 1. The Morgan fingerprint density at radius 2 is 1.94 bits per heavy atom. The Hall–Kier alpha value is -0.0800. The SMILES string of the molecule is CC(O)CCOC1CC(C)CCC1C(C)C. The average molecular weight is 228 g/mol. The Balaban J connectivity index is 2.38. The summed E-state index contributed by atoms with van der Waals surface area (Å²) in [6.45, 7) is 9.45. The molecule has 1 saturated carbocycles. The molecule has 96 valence electrons. The Kier molecular flexibility index (Phi) is 5.77. The third-order valence-corrected chi connectivity index (χ3v) is 3.83. The molecule has 1 rings (SSSR count). The summed E-state index contributed by atoms with van der Waals surface area (Å²) in [6, 6.07) is 0. The zero-order valence-corrected chi connectivity index (χ0v) is 11.3. The maximum absolute atomic E-state index is 9.23. The van der Waals surface area contributed by atoms with Gasteiger partial charge in [-0.3, -0.25) is 0 Å². The van der Waals surface area contributed by atoms with Gasteiger partial charge in [0.15, 0.2) is 0 Å². The van der Waals surface area contributed by atoms with Gasteiger partial charge in [-0.15, -0.1) is 0 Å². The zero-order chi connectivity index (χ0) is 12.1. The number of hydrogen-bond acceptors (Lipinski definition) is 2. The van der Waals surface area contributed by atoms with Gasteiger partial charge < -0.3 is 9.84 Å². The number of ether oxygens (including phenoxy) is 1. The van der Waals surface area contributed by atoms with Gasteiger partial charge in [0.05, 0.1) is 12.2 Å². The van der Waals surface area contributed by atoms with E-state index in [-0.39, 0.29) is 6.10 Å². The molecule has 1 aliphatic rings. The second kappa shape index (κ2) is 6.61. The summed E-state index contributed by atoms with van der Waals surface area (Å²) in [5.74, 6) is 2.22. The summed E-state index contributed by atoms with van der Waals surface area (Å²) in [5.41, 5.74) is 0. The first-order valence-electron chi connectivity index (χ1n) is 6.80. The fourth-order valence-electron chi connectivity index (χ4n) is 2.70. The predicted octanol–water partition coefficient (Wildman–Crippen LogP) is 3.23. The van der Waals surface area contributed by atoms with Gasteiger partial charge in [-0.2, -0.15) is 0 Å². The Morgan fingerprint density at radius 3 is 2.50 bits per heavy atom. The van der Waals surface area contributed by atoms with Crippen LogP contribution in [0.3, 0.4) is 0 Å². The largest absolute Gasteiger partial charge is 0.393 e.